The molecule has 5 heteroatoms. The lowest BCUT2D eigenvalue weighted by molar-refractivity contribution is -0.129. The summed E-state index contributed by atoms with van der Waals surface area (Å²) in [4.78, 5) is 23.0. The van der Waals surface area contributed by atoms with Crippen LogP contribution in [-0.2, 0) is 4.79 Å². The smallest absolute Gasteiger partial charge is 0.243 e. The first-order valence-electron chi connectivity index (χ1n) is 7.90. The maximum absolute atomic E-state index is 12.2. The number of nitrogens with one attached hydrogen (secondary N) is 1. The van der Waals surface area contributed by atoms with Crippen molar-refractivity contribution in [2.24, 2.45) is 0 Å². The highest BCUT2D eigenvalue weighted by atomic mass is 32.2. The molecule has 2 aromatic carbocycles. The number of hydrogen-bond donors (Lipinski definition) is 2. The quantitative estimate of drug-likeness (QED) is 0.313. The molecule has 4 nitrogen and oxygen atoms in total. The highest BCUT2D eigenvalue weighted by Crippen LogP contribution is 2.20. The van der Waals surface area contributed by atoms with Gasteiger partial charge in [0.25, 0.3) is 0 Å². The Bertz CT molecular complexity index is 656. The Morgan fingerprint density at radius 3 is 2.25 bits per heavy atom. The van der Waals surface area contributed by atoms with Crippen molar-refractivity contribution in [2.75, 3.05) is 11.5 Å². The molecule has 24 heavy (non-hydrogen) atoms. The fourth-order valence-corrected chi connectivity index (χ4v) is 3.18. The molecule has 0 atom stereocenters. The predicted molar refractivity (Wildman–Crippen MR) is 97.3 cm³/mol. The molecule has 126 valence electrons. The molecule has 0 bridgehead atoms. The largest absolute Gasteiger partial charge is 0.293 e. The van der Waals surface area contributed by atoms with E-state index in [1.54, 1.807) is 17.2 Å². The molecule has 0 saturated heterocycles. The Morgan fingerprint density at radius 2 is 1.58 bits per heavy atom. The number of amides is 1. The van der Waals surface area contributed by atoms with Gasteiger partial charge in [0.1, 0.15) is 0 Å². The van der Waals surface area contributed by atoms with E-state index in [9.17, 15) is 9.59 Å². The number of hydrogen-bond acceptors (Lipinski definition) is 4. The van der Waals surface area contributed by atoms with Gasteiger partial charge < -0.3 is 0 Å². The average Bonchev–Trinajstić information content (AvgIpc) is 2.65. The van der Waals surface area contributed by atoms with E-state index < -0.39 is 0 Å². The number of rotatable bonds is 9. The van der Waals surface area contributed by atoms with Crippen LogP contribution in [0.5, 0.6) is 0 Å². The highest BCUT2D eigenvalue weighted by molar-refractivity contribution is 7.99. The number of carbonyl (C=O) groups is 2. The van der Waals surface area contributed by atoms with Gasteiger partial charge in [-0.2, -0.15) is 11.8 Å². The SMILES string of the molecule is O=C(CCCCSCC(=O)c1ccc(-c2ccccc2)cc1)NO. The van der Waals surface area contributed by atoms with Gasteiger partial charge in [-0.3, -0.25) is 14.8 Å². The molecule has 2 aromatic rings. The van der Waals surface area contributed by atoms with Crippen molar-refractivity contribution in [2.45, 2.75) is 19.3 Å². The normalized spacial score (nSPS) is 10.4. The third-order valence-electron chi connectivity index (χ3n) is 3.61. The Kier molecular flexibility index (Phi) is 7.52. The number of ketones is 1. The summed E-state index contributed by atoms with van der Waals surface area (Å²) in [5.41, 5.74) is 4.57. The Hall–Kier alpha value is -2.11. The maximum atomic E-state index is 12.2. The summed E-state index contributed by atoms with van der Waals surface area (Å²) in [5.74, 6) is 1.02. The first kappa shape index (κ1) is 18.2. The lowest BCUT2D eigenvalue weighted by Gasteiger charge is -2.04. The second-order valence-corrected chi connectivity index (χ2v) is 6.52. The topological polar surface area (TPSA) is 66.4 Å². The van der Waals surface area contributed by atoms with Crippen molar-refractivity contribution in [1.82, 2.24) is 5.48 Å². The summed E-state index contributed by atoms with van der Waals surface area (Å²) >= 11 is 1.57. The second-order valence-electron chi connectivity index (χ2n) is 5.41. The number of Topliss-reactive ketones (excluding diaryl/α,β-unsaturated/α-hetero) is 1. The zero-order chi connectivity index (χ0) is 17.2. The van der Waals surface area contributed by atoms with Crippen LogP contribution in [0.4, 0.5) is 0 Å². The van der Waals surface area contributed by atoms with Crippen molar-refractivity contribution in [3.63, 3.8) is 0 Å². The van der Waals surface area contributed by atoms with Crippen LogP contribution in [0.2, 0.25) is 0 Å². The molecule has 2 rings (SSSR count). The summed E-state index contributed by atoms with van der Waals surface area (Å²) in [6.07, 6.45) is 1.86. The number of hydroxylamine groups is 1. The van der Waals surface area contributed by atoms with Gasteiger partial charge >= 0.3 is 0 Å². The zero-order valence-corrected chi connectivity index (χ0v) is 14.2. The maximum Gasteiger partial charge on any atom is 0.243 e. The first-order chi connectivity index (χ1) is 11.7. The van der Waals surface area contributed by atoms with Crippen LogP contribution in [-0.4, -0.2) is 28.4 Å². The van der Waals surface area contributed by atoms with E-state index in [1.165, 1.54) is 0 Å². The van der Waals surface area contributed by atoms with E-state index >= 15 is 0 Å². The van der Waals surface area contributed by atoms with Gasteiger partial charge in [-0.25, -0.2) is 5.48 Å². The molecule has 1 amide bonds. The van der Waals surface area contributed by atoms with Crippen LogP contribution < -0.4 is 5.48 Å². The van der Waals surface area contributed by atoms with Gasteiger partial charge in [-0.1, -0.05) is 54.6 Å². The molecular weight excluding hydrogens is 322 g/mol. The molecule has 0 heterocycles. The van der Waals surface area contributed by atoms with Crippen molar-refractivity contribution in [3.8, 4) is 11.1 Å². The molecule has 2 N–H and O–H groups in total. The molecule has 0 aliphatic heterocycles. The molecule has 0 spiro atoms. The van der Waals surface area contributed by atoms with Crippen LogP contribution >= 0.6 is 11.8 Å². The Balaban J connectivity index is 1.74. The molecule has 0 fully saturated rings. The molecule has 0 aliphatic rings. The molecule has 0 unspecified atom stereocenters. The fraction of sp³-hybridized carbons (Fsp3) is 0.263. The molecule has 0 radical (unpaired) electrons. The van der Waals surface area contributed by atoms with Crippen LogP contribution in [0.3, 0.4) is 0 Å². The van der Waals surface area contributed by atoms with E-state index in [2.05, 4.69) is 0 Å². The number of benzene rings is 2. The minimum atomic E-state index is -0.366. The standard InChI is InChI=1S/C19H21NO3S/c21-18(14-24-13-5-4-8-19(22)20-23)17-11-9-16(10-12-17)15-6-2-1-3-7-15/h1-3,6-7,9-12,23H,4-5,8,13-14H2,(H,20,22). The van der Waals surface area contributed by atoms with Gasteiger partial charge in [-0.15, -0.1) is 0 Å². The number of thioether (sulfide) groups is 1. The van der Waals surface area contributed by atoms with Crippen molar-refractivity contribution in [3.05, 3.63) is 60.2 Å². The monoisotopic (exact) mass is 343 g/mol. The molecule has 0 aliphatic carbocycles. The number of carbonyl (C=O) groups excluding carboxylic acids is 2. The van der Waals surface area contributed by atoms with E-state index in [0.717, 1.165) is 28.9 Å². The fourth-order valence-electron chi connectivity index (χ4n) is 2.27. The van der Waals surface area contributed by atoms with Gasteiger partial charge in [0.05, 0.1) is 5.75 Å². The van der Waals surface area contributed by atoms with Crippen LogP contribution in [0.25, 0.3) is 11.1 Å². The average molecular weight is 343 g/mol. The van der Waals surface area contributed by atoms with Gasteiger partial charge in [-0.05, 0) is 29.7 Å². The van der Waals surface area contributed by atoms with Crippen LogP contribution in [0, 0.1) is 0 Å². The lowest BCUT2D eigenvalue weighted by Crippen LogP contribution is -2.17. The van der Waals surface area contributed by atoms with E-state index in [0.29, 0.717) is 18.6 Å². The Morgan fingerprint density at radius 1 is 0.917 bits per heavy atom. The minimum absolute atomic E-state index is 0.118. The van der Waals surface area contributed by atoms with Crippen molar-refractivity contribution < 1.29 is 14.8 Å². The third-order valence-corrected chi connectivity index (χ3v) is 4.66. The lowest BCUT2D eigenvalue weighted by atomic mass is 10.0. The van der Waals surface area contributed by atoms with Crippen molar-refractivity contribution >= 4 is 23.5 Å². The predicted octanol–water partition coefficient (Wildman–Crippen LogP) is 3.95. The van der Waals surface area contributed by atoms with Crippen molar-refractivity contribution in [1.29, 1.82) is 0 Å². The van der Waals surface area contributed by atoms with Crippen LogP contribution in [0.1, 0.15) is 29.6 Å². The molecule has 0 aromatic heterocycles. The first-order valence-corrected chi connectivity index (χ1v) is 9.05. The van der Waals surface area contributed by atoms with E-state index in [-0.39, 0.29) is 11.7 Å². The summed E-state index contributed by atoms with van der Waals surface area (Å²) in [7, 11) is 0. The number of unbranched alkanes of at least 4 members (excludes halogenated alkanes) is 1. The summed E-state index contributed by atoms with van der Waals surface area (Å²) < 4.78 is 0. The molecular formula is C19H21NO3S. The van der Waals surface area contributed by atoms with Gasteiger partial charge in [0.15, 0.2) is 5.78 Å². The highest BCUT2D eigenvalue weighted by Gasteiger charge is 2.06. The summed E-state index contributed by atoms with van der Waals surface area (Å²) in [6, 6.07) is 17.8. The summed E-state index contributed by atoms with van der Waals surface area (Å²) in [5, 5.41) is 8.38. The third kappa shape index (κ3) is 5.83. The zero-order valence-electron chi connectivity index (χ0n) is 13.4. The van der Waals surface area contributed by atoms with E-state index in [4.69, 9.17) is 5.21 Å². The van der Waals surface area contributed by atoms with E-state index in [1.807, 2.05) is 54.6 Å². The van der Waals surface area contributed by atoms with Gasteiger partial charge in [0, 0.05) is 12.0 Å². The second kappa shape index (κ2) is 9.90. The Labute approximate surface area is 146 Å². The summed E-state index contributed by atoms with van der Waals surface area (Å²) in [6.45, 7) is 0. The van der Waals surface area contributed by atoms with Gasteiger partial charge in [0.2, 0.25) is 5.91 Å². The van der Waals surface area contributed by atoms with Crippen LogP contribution in [0.15, 0.2) is 54.6 Å². The molecule has 0 saturated carbocycles. The minimum Gasteiger partial charge on any atom is -0.293 e.